The van der Waals surface area contributed by atoms with Crippen LogP contribution < -0.4 is 5.32 Å². The van der Waals surface area contributed by atoms with Crippen molar-refractivity contribution in [3.8, 4) is 11.3 Å². The van der Waals surface area contributed by atoms with Crippen LogP contribution in [0.5, 0.6) is 0 Å². The lowest BCUT2D eigenvalue weighted by molar-refractivity contribution is 0.158. The molecule has 0 amide bonds. The van der Waals surface area contributed by atoms with E-state index < -0.39 is 0 Å². The molecule has 2 unspecified atom stereocenters. The van der Waals surface area contributed by atoms with Crippen molar-refractivity contribution in [1.29, 1.82) is 0 Å². The molecule has 29 heavy (non-hydrogen) atoms. The van der Waals surface area contributed by atoms with Crippen molar-refractivity contribution in [3.05, 3.63) is 76.2 Å². The molecular formula is C21H19Cl2N3O2S. The topological polar surface area (TPSA) is 50.5 Å². The molecule has 2 aromatic heterocycles. The van der Waals surface area contributed by atoms with Gasteiger partial charge in [-0.3, -0.25) is 4.98 Å². The molecule has 0 radical (unpaired) electrons. The highest BCUT2D eigenvalue weighted by Crippen LogP contribution is 2.41. The third-order valence-electron chi connectivity index (χ3n) is 4.85. The van der Waals surface area contributed by atoms with Gasteiger partial charge in [-0.15, -0.1) is 0 Å². The minimum Gasteiger partial charge on any atom is -0.459 e. The van der Waals surface area contributed by atoms with E-state index in [0.717, 1.165) is 17.0 Å². The van der Waals surface area contributed by atoms with Gasteiger partial charge in [0.25, 0.3) is 0 Å². The van der Waals surface area contributed by atoms with Gasteiger partial charge in [-0.25, -0.2) is 0 Å². The lowest BCUT2D eigenvalue weighted by Crippen LogP contribution is -2.32. The quantitative estimate of drug-likeness (QED) is 0.519. The number of benzene rings is 1. The second kappa shape index (κ2) is 8.71. The number of nitrogens with one attached hydrogen (secondary N) is 1. The Bertz CT molecular complexity index is 1010. The van der Waals surface area contributed by atoms with Crippen LogP contribution in [0.2, 0.25) is 10.0 Å². The first-order valence-corrected chi connectivity index (χ1v) is 10.3. The van der Waals surface area contributed by atoms with Crippen LogP contribution in [0.1, 0.15) is 23.5 Å². The summed E-state index contributed by atoms with van der Waals surface area (Å²) < 4.78 is 11.5. The SMILES string of the molecule is COCCN1C(=S)NC(c2ccccn2)C1c1ccc(-c2ccc(Cl)cc2Cl)o1. The van der Waals surface area contributed by atoms with Gasteiger partial charge in [-0.2, -0.15) is 0 Å². The Labute approximate surface area is 184 Å². The molecule has 1 saturated heterocycles. The Hall–Kier alpha value is -2.12. The second-order valence-corrected chi connectivity index (χ2v) is 7.87. The molecule has 3 aromatic rings. The van der Waals surface area contributed by atoms with Gasteiger partial charge in [0, 0.05) is 30.4 Å². The van der Waals surface area contributed by atoms with Crippen molar-refractivity contribution < 1.29 is 9.15 Å². The van der Waals surface area contributed by atoms with Crippen molar-refractivity contribution in [3.63, 3.8) is 0 Å². The van der Waals surface area contributed by atoms with E-state index in [1.54, 1.807) is 25.4 Å². The van der Waals surface area contributed by atoms with E-state index in [1.807, 2.05) is 36.4 Å². The molecule has 0 spiro atoms. The Morgan fingerprint density at radius 3 is 2.79 bits per heavy atom. The third-order valence-corrected chi connectivity index (χ3v) is 5.75. The molecule has 0 saturated carbocycles. The minimum atomic E-state index is -0.160. The van der Waals surface area contributed by atoms with Gasteiger partial charge < -0.3 is 19.4 Å². The number of rotatable bonds is 6. The number of ether oxygens (including phenoxy) is 1. The highest BCUT2D eigenvalue weighted by molar-refractivity contribution is 7.80. The fourth-order valence-electron chi connectivity index (χ4n) is 3.49. The zero-order valence-electron chi connectivity index (χ0n) is 15.6. The highest BCUT2D eigenvalue weighted by Gasteiger charge is 2.41. The van der Waals surface area contributed by atoms with Gasteiger partial charge in [-0.1, -0.05) is 29.3 Å². The van der Waals surface area contributed by atoms with Crippen molar-refractivity contribution in [2.24, 2.45) is 0 Å². The summed E-state index contributed by atoms with van der Waals surface area (Å²) in [5, 5.41) is 5.14. The molecule has 1 aromatic carbocycles. The average molecular weight is 448 g/mol. The largest absolute Gasteiger partial charge is 0.459 e. The van der Waals surface area contributed by atoms with Crippen LogP contribution in [0.3, 0.4) is 0 Å². The smallest absolute Gasteiger partial charge is 0.170 e. The summed E-state index contributed by atoms with van der Waals surface area (Å²) in [6.45, 7) is 1.18. The lowest BCUT2D eigenvalue weighted by Gasteiger charge is -2.25. The summed E-state index contributed by atoms with van der Waals surface area (Å²) >= 11 is 18.0. The zero-order chi connectivity index (χ0) is 20.4. The third kappa shape index (κ3) is 4.12. The maximum atomic E-state index is 6.36. The molecule has 1 fully saturated rings. The summed E-state index contributed by atoms with van der Waals surface area (Å²) in [4.78, 5) is 6.59. The fourth-order valence-corrected chi connectivity index (χ4v) is 4.32. The average Bonchev–Trinajstić information content (AvgIpc) is 3.31. The summed E-state index contributed by atoms with van der Waals surface area (Å²) in [6.07, 6.45) is 1.77. The Morgan fingerprint density at radius 2 is 2.07 bits per heavy atom. The first-order valence-electron chi connectivity index (χ1n) is 9.10. The number of nitrogens with zero attached hydrogens (tertiary/aromatic N) is 2. The van der Waals surface area contributed by atoms with E-state index in [0.29, 0.717) is 34.1 Å². The Morgan fingerprint density at radius 1 is 1.21 bits per heavy atom. The molecule has 0 bridgehead atoms. The normalized spacial score (nSPS) is 18.9. The van der Waals surface area contributed by atoms with Crippen molar-refractivity contribution in [1.82, 2.24) is 15.2 Å². The summed E-state index contributed by atoms with van der Waals surface area (Å²) in [6, 6.07) is 14.7. The van der Waals surface area contributed by atoms with E-state index >= 15 is 0 Å². The van der Waals surface area contributed by atoms with Crippen LogP contribution in [0.4, 0.5) is 0 Å². The zero-order valence-corrected chi connectivity index (χ0v) is 18.0. The monoisotopic (exact) mass is 447 g/mol. The molecule has 1 aliphatic rings. The number of halogens is 2. The number of furan rings is 1. The van der Waals surface area contributed by atoms with Crippen molar-refractivity contribution in [2.75, 3.05) is 20.3 Å². The molecule has 2 atom stereocenters. The maximum Gasteiger partial charge on any atom is 0.170 e. The summed E-state index contributed by atoms with van der Waals surface area (Å²) in [7, 11) is 1.67. The number of thiocarbonyl (C=S) groups is 1. The number of aromatic nitrogens is 1. The van der Waals surface area contributed by atoms with Crippen LogP contribution in [-0.4, -0.2) is 35.3 Å². The molecule has 3 heterocycles. The summed E-state index contributed by atoms with van der Waals surface area (Å²) in [5.41, 5.74) is 1.68. The van der Waals surface area contributed by atoms with E-state index in [2.05, 4.69) is 15.2 Å². The van der Waals surface area contributed by atoms with Gasteiger partial charge in [0.1, 0.15) is 17.6 Å². The minimum absolute atomic E-state index is 0.139. The van der Waals surface area contributed by atoms with Crippen LogP contribution in [-0.2, 0) is 4.74 Å². The van der Waals surface area contributed by atoms with E-state index in [-0.39, 0.29) is 12.1 Å². The van der Waals surface area contributed by atoms with E-state index in [4.69, 9.17) is 44.6 Å². The number of hydrogen-bond donors (Lipinski definition) is 1. The Kier molecular flexibility index (Phi) is 6.06. The van der Waals surface area contributed by atoms with Gasteiger partial charge in [0.2, 0.25) is 0 Å². The highest BCUT2D eigenvalue weighted by atomic mass is 35.5. The van der Waals surface area contributed by atoms with E-state index in [9.17, 15) is 0 Å². The van der Waals surface area contributed by atoms with Crippen LogP contribution in [0, 0.1) is 0 Å². The molecule has 150 valence electrons. The first kappa shape index (κ1) is 20.2. The maximum absolute atomic E-state index is 6.36. The standard InChI is InChI=1S/C21H19Cl2N3O2S/c1-27-11-10-26-20(19(25-21(26)29)16-4-2-3-9-24-16)18-8-7-17(28-18)14-6-5-13(22)12-15(14)23/h2-9,12,19-20H,10-11H2,1H3,(H,25,29). The van der Waals surface area contributed by atoms with E-state index in [1.165, 1.54) is 0 Å². The van der Waals surface area contributed by atoms with Crippen LogP contribution >= 0.6 is 35.4 Å². The van der Waals surface area contributed by atoms with Gasteiger partial charge >= 0.3 is 0 Å². The molecule has 1 aliphatic heterocycles. The molecule has 5 nitrogen and oxygen atoms in total. The number of hydrogen-bond acceptors (Lipinski definition) is 4. The molecule has 8 heteroatoms. The van der Waals surface area contributed by atoms with Gasteiger partial charge in [0.15, 0.2) is 5.11 Å². The summed E-state index contributed by atoms with van der Waals surface area (Å²) in [5.74, 6) is 1.44. The second-order valence-electron chi connectivity index (χ2n) is 6.64. The van der Waals surface area contributed by atoms with Crippen molar-refractivity contribution >= 4 is 40.5 Å². The molecule has 1 N–H and O–H groups in total. The fraction of sp³-hybridized carbons (Fsp3) is 0.238. The van der Waals surface area contributed by atoms with Gasteiger partial charge in [-0.05, 0) is 54.7 Å². The lowest BCUT2D eigenvalue weighted by atomic mass is 10.0. The van der Waals surface area contributed by atoms with Crippen molar-refractivity contribution in [2.45, 2.75) is 12.1 Å². The molecular weight excluding hydrogens is 429 g/mol. The molecule has 4 rings (SSSR count). The predicted molar refractivity (Wildman–Crippen MR) is 118 cm³/mol. The predicted octanol–water partition coefficient (Wildman–Crippen LogP) is 5.27. The number of methoxy groups -OCH3 is 1. The van der Waals surface area contributed by atoms with Crippen LogP contribution in [0.15, 0.2) is 59.1 Å². The molecule has 0 aliphatic carbocycles. The van der Waals surface area contributed by atoms with Crippen LogP contribution in [0.25, 0.3) is 11.3 Å². The number of pyridine rings is 1. The first-order chi connectivity index (χ1) is 14.1. The Balaban J connectivity index is 1.72. The van der Waals surface area contributed by atoms with Gasteiger partial charge in [0.05, 0.1) is 23.4 Å².